The van der Waals surface area contributed by atoms with Crippen LogP contribution in [0.1, 0.15) is 49.5 Å². The lowest BCUT2D eigenvalue weighted by Crippen LogP contribution is -2.57. The summed E-state index contributed by atoms with van der Waals surface area (Å²) in [6.07, 6.45) is 2.10. The van der Waals surface area contributed by atoms with Crippen molar-refractivity contribution in [3.8, 4) is 0 Å². The topological polar surface area (TPSA) is 72.2 Å². The zero-order chi connectivity index (χ0) is 21.8. The van der Waals surface area contributed by atoms with Crippen molar-refractivity contribution >= 4 is 5.91 Å². The number of amides is 1. The summed E-state index contributed by atoms with van der Waals surface area (Å²) in [6.45, 7) is 4.99. The Balaban J connectivity index is 1.40. The van der Waals surface area contributed by atoms with Gasteiger partial charge >= 0.3 is 0 Å². The largest absolute Gasteiger partial charge is 0.351 e. The van der Waals surface area contributed by atoms with Crippen molar-refractivity contribution in [3.63, 3.8) is 0 Å². The minimum absolute atomic E-state index is 0.0554. The van der Waals surface area contributed by atoms with Gasteiger partial charge in [0.2, 0.25) is 5.91 Å². The molecule has 3 aliphatic rings. The second-order valence-corrected chi connectivity index (χ2v) is 9.12. The quantitative estimate of drug-likeness (QED) is 0.788. The van der Waals surface area contributed by atoms with Crippen LogP contribution in [0, 0.1) is 5.92 Å². The third-order valence-electron chi connectivity index (χ3n) is 6.83. The van der Waals surface area contributed by atoms with Gasteiger partial charge < -0.3 is 5.32 Å². The van der Waals surface area contributed by atoms with Crippen LogP contribution in [0.2, 0.25) is 0 Å². The van der Waals surface area contributed by atoms with Crippen LogP contribution in [0.3, 0.4) is 0 Å². The highest BCUT2D eigenvalue weighted by Gasteiger charge is 2.48. The molecule has 0 unspecified atom stereocenters. The molecule has 2 fully saturated rings. The molecule has 1 saturated carbocycles. The van der Waals surface area contributed by atoms with Crippen LogP contribution in [0.5, 0.6) is 0 Å². The van der Waals surface area contributed by atoms with E-state index >= 15 is 0 Å². The van der Waals surface area contributed by atoms with Gasteiger partial charge in [0.05, 0.1) is 5.69 Å². The van der Waals surface area contributed by atoms with E-state index in [4.69, 9.17) is 0 Å². The van der Waals surface area contributed by atoms with E-state index in [1.807, 2.05) is 29.9 Å². The number of hydrogen-bond donors (Lipinski definition) is 1. The fourth-order valence-corrected chi connectivity index (χ4v) is 5.44. The molecule has 0 radical (unpaired) electrons. The minimum atomic E-state index is -2.70. The molecule has 2 bridgehead atoms. The smallest absolute Gasteiger partial charge is 0.252 e. The summed E-state index contributed by atoms with van der Waals surface area (Å²) in [5, 5.41) is 7.35. The summed E-state index contributed by atoms with van der Waals surface area (Å²) < 4.78 is 30.0. The molecule has 9 heteroatoms. The maximum atomic E-state index is 13.3. The average molecular weight is 431 g/mol. The zero-order valence-corrected chi connectivity index (χ0v) is 17.5. The number of hydrogen-bond acceptors (Lipinski definition) is 4. The summed E-state index contributed by atoms with van der Waals surface area (Å²) in [6, 6.07) is 5.92. The minimum Gasteiger partial charge on any atom is -0.351 e. The number of halogens is 2. The molecule has 7 nitrogen and oxygen atoms in total. The summed E-state index contributed by atoms with van der Waals surface area (Å²) >= 11 is 0. The van der Waals surface area contributed by atoms with Crippen LogP contribution in [0.25, 0.3) is 0 Å². The van der Waals surface area contributed by atoms with Gasteiger partial charge in [0.25, 0.3) is 11.5 Å². The first-order valence-corrected chi connectivity index (χ1v) is 11.0. The van der Waals surface area contributed by atoms with Gasteiger partial charge in [0.15, 0.2) is 0 Å². The SMILES string of the molecule is CCn1ccc(CN2C[C@H]3C[C@@H](C2)[C@H](C(=O)NC2CC(F)(F)C2)n2c3cccc2=O)n1. The summed E-state index contributed by atoms with van der Waals surface area (Å²) in [5.74, 6) is -2.93. The molecule has 2 aliphatic heterocycles. The van der Waals surface area contributed by atoms with Gasteiger partial charge in [-0.1, -0.05) is 6.07 Å². The van der Waals surface area contributed by atoms with Gasteiger partial charge in [-0.2, -0.15) is 5.10 Å². The molecule has 1 N–H and O–H groups in total. The molecule has 1 aliphatic carbocycles. The monoisotopic (exact) mass is 431 g/mol. The van der Waals surface area contributed by atoms with Gasteiger partial charge in [0.1, 0.15) is 6.04 Å². The Morgan fingerprint density at radius 3 is 2.77 bits per heavy atom. The van der Waals surface area contributed by atoms with Crippen LogP contribution in [-0.4, -0.2) is 50.2 Å². The fraction of sp³-hybridized carbons (Fsp3) is 0.591. The number of carbonyl (C=O) groups excluding carboxylic acids is 1. The second-order valence-electron chi connectivity index (χ2n) is 9.12. The number of aromatic nitrogens is 3. The van der Waals surface area contributed by atoms with E-state index in [1.165, 1.54) is 6.07 Å². The Hall–Kier alpha value is -2.55. The first kappa shape index (κ1) is 20.4. The van der Waals surface area contributed by atoms with Crippen LogP contribution >= 0.6 is 0 Å². The first-order chi connectivity index (χ1) is 14.8. The van der Waals surface area contributed by atoms with Crippen molar-refractivity contribution in [2.45, 2.75) is 63.2 Å². The predicted octanol–water partition coefficient (Wildman–Crippen LogP) is 2.14. The average Bonchev–Trinajstić information content (AvgIpc) is 3.15. The number of carbonyl (C=O) groups is 1. The van der Waals surface area contributed by atoms with E-state index in [0.29, 0.717) is 13.1 Å². The lowest BCUT2D eigenvalue weighted by molar-refractivity contribution is -0.135. The molecule has 0 aromatic carbocycles. The standard InChI is InChI=1S/C22H27F2N5O2/c1-2-28-7-6-16(26-28)13-27-11-14-8-15(12-27)20(29-18(14)4-3-5-19(29)30)21(31)25-17-9-22(23,24)10-17/h3-7,14-15,17,20H,2,8-13H2,1H3,(H,25,31)/t14-,15+,20-/m1/s1. The normalized spacial score (nSPS) is 27.4. The number of alkyl halides is 2. The fourth-order valence-electron chi connectivity index (χ4n) is 5.44. The van der Waals surface area contributed by atoms with E-state index in [0.717, 1.165) is 30.9 Å². The van der Waals surface area contributed by atoms with Crippen molar-refractivity contribution in [1.82, 2.24) is 24.6 Å². The molecule has 31 heavy (non-hydrogen) atoms. The van der Waals surface area contributed by atoms with Crippen molar-refractivity contribution in [2.75, 3.05) is 13.1 Å². The number of pyridine rings is 1. The van der Waals surface area contributed by atoms with E-state index in [-0.39, 0.29) is 36.1 Å². The van der Waals surface area contributed by atoms with E-state index in [1.54, 1.807) is 10.6 Å². The van der Waals surface area contributed by atoms with Gasteiger partial charge in [-0.25, -0.2) is 8.78 Å². The third-order valence-corrected chi connectivity index (χ3v) is 6.83. The Labute approximate surface area is 179 Å². The predicted molar refractivity (Wildman–Crippen MR) is 110 cm³/mol. The van der Waals surface area contributed by atoms with Crippen LogP contribution < -0.4 is 10.9 Å². The number of aryl methyl sites for hydroxylation is 1. The number of piperidine rings is 1. The van der Waals surface area contributed by atoms with Crippen LogP contribution in [0.15, 0.2) is 35.3 Å². The lowest BCUT2D eigenvalue weighted by Gasteiger charge is -2.47. The van der Waals surface area contributed by atoms with Gasteiger partial charge in [-0.3, -0.25) is 23.7 Å². The molecule has 4 heterocycles. The Morgan fingerprint density at radius 1 is 1.26 bits per heavy atom. The highest BCUT2D eigenvalue weighted by molar-refractivity contribution is 5.81. The number of likely N-dealkylation sites (tertiary alicyclic amines) is 1. The Bertz CT molecular complexity index is 1040. The third kappa shape index (κ3) is 3.79. The zero-order valence-electron chi connectivity index (χ0n) is 17.5. The summed E-state index contributed by atoms with van der Waals surface area (Å²) in [5.41, 5.74) is 1.62. The van der Waals surface area contributed by atoms with Crippen molar-refractivity contribution < 1.29 is 13.6 Å². The van der Waals surface area contributed by atoms with Gasteiger partial charge in [-0.15, -0.1) is 0 Å². The van der Waals surface area contributed by atoms with Crippen molar-refractivity contribution in [3.05, 3.63) is 52.2 Å². The molecule has 166 valence electrons. The molecule has 2 aromatic heterocycles. The number of fused-ring (bicyclic) bond motifs is 4. The molecular weight excluding hydrogens is 404 g/mol. The lowest BCUT2D eigenvalue weighted by atomic mass is 9.77. The highest BCUT2D eigenvalue weighted by Crippen LogP contribution is 2.42. The van der Waals surface area contributed by atoms with Crippen molar-refractivity contribution in [1.29, 1.82) is 0 Å². The second kappa shape index (κ2) is 7.55. The molecule has 0 spiro atoms. The molecule has 5 rings (SSSR count). The van der Waals surface area contributed by atoms with Crippen LogP contribution in [-0.2, 0) is 17.9 Å². The summed E-state index contributed by atoms with van der Waals surface area (Å²) in [7, 11) is 0. The molecule has 1 saturated heterocycles. The van der Waals surface area contributed by atoms with E-state index < -0.39 is 18.0 Å². The highest BCUT2D eigenvalue weighted by atomic mass is 19.3. The summed E-state index contributed by atoms with van der Waals surface area (Å²) in [4.78, 5) is 28.2. The molecule has 3 atom stereocenters. The number of nitrogens with zero attached hydrogens (tertiary/aromatic N) is 4. The maximum absolute atomic E-state index is 13.3. The Morgan fingerprint density at radius 2 is 2.06 bits per heavy atom. The maximum Gasteiger partial charge on any atom is 0.252 e. The van der Waals surface area contributed by atoms with Crippen LogP contribution in [0.4, 0.5) is 8.78 Å². The molecular formula is C22H27F2N5O2. The Kier molecular flexibility index (Phi) is 4.96. The van der Waals surface area contributed by atoms with Gasteiger partial charge in [0, 0.05) is 74.9 Å². The van der Waals surface area contributed by atoms with E-state index in [9.17, 15) is 18.4 Å². The first-order valence-electron chi connectivity index (χ1n) is 11.0. The van der Waals surface area contributed by atoms with Gasteiger partial charge in [-0.05, 0) is 25.5 Å². The number of rotatable bonds is 5. The number of nitrogens with one attached hydrogen (secondary N) is 1. The molecule has 2 aromatic rings. The van der Waals surface area contributed by atoms with Crippen molar-refractivity contribution in [2.24, 2.45) is 5.92 Å². The van der Waals surface area contributed by atoms with E-state index in [2.05, 4.69) is 15.3 Å². The molecule has 1 amide bonds.